The summed E-state index contributed by atoms with van der Waals surface area (Å²) in [6, 6.07) is 18.3. The molecule has 0 heterocycles. The van der Waals surface area contributed by atoms with E-state index in [1.807, 2.05) is 36.4 Å². The smallest absolute Gasteiger partial charge is 0.387 e. The number of hydrogen-bond donors (Lipinski definition) is 0. The predicted molar refractivity (Wildman–Crippen MR) is 85.8 cm³/mol. The van der Waals surface area contributed by atoms with Crippen LogP contribution >= 0.6 is 0 Å². The summed E-state index contributed by atoms with van der Waals surface area (Å²) in [6.45, 7) is -2.84. The monoisotopic (exact) mass is 312 g/mol. The number of halogens is 2. The summed E-state index contributed by atoms with van der Waals surface area (Å²) < 4.78 is 28.8. The molecule has 0 amide bonds. The summed E-state index contributed by atoms with van der Waals surface area (Å²) in [5.41, 5.74) is 2.76. The van der Waals surface area contributed by atoms with E-state index in [-0.39, 0.29) is 5.75 Å². The summed E-state index contributed by atoms with van der Waals surface area (Å²) in [5, 5.41) is 2.08. The van der Waals surface area contributed by atoms with Crippen molar-refractivity contribution in [2.45, 2.75) is 13.0 Å². The molecular weight excluding hydrogens is 298 g/mol. The highest BCUT2D eigenvalue weighted by Gasteiger charge is 2.08. The summed E-state index contributed by atoms with van der Waals surface area (Å²) in [6.07, 6.45) is 1.21. The Balaban J connectivity index is 2.08. The van der Waals surface area contributed by atoms with E-state index in [0.717, 1.165) is 33.7 Å². The molecule has 0 unspecified atom stereocenters. The summed E-state index contributed by atoms with van der Waals surface area (Å²) >= 11 is 0. The highest BCUT2D eigenvalue weighted by atomic mass is 19.3. The zero-order chi connectivity index (χ0) is 16.2. The lowest BCUT2D eigenvalue weighted by Gasteiger charge is -2.11. The maximum atomic E-state index is 12.2. The van der Waals surface area contributed by atoms with Gasteiger partial charge in [-0.15, -0.1) is 0 Å². The molecule has 0 aliphatic heterocycles. The van der Waals surface area contributed by atoms with Crippen LogP contribution in [0.3, 0.4) is 0 Å². The molecule has 3 aromatic rings. The van der Waals surface area contributed by atoms with Crippen LogP contribution in [-0.4, -0.2) is 12.9 Å². The van der Waals surface area contributed by atoms with Crippen LogP contribution in [0, 0.1) is 0 Å². The third-order valence-electron chi connectivity index (χ3n) is 3.63. The summed E-state index contributed by atoms with van der Waals surface area (Å²) in [4.78, 5) is 10.8. The Morgan fingerprint density at radius 2 is 1.74 bits per heavy atom. The highest BCUT2D eigenvalue weighted by Crippen LogP contribution is 2.31. The van der Waals surface area contributed by atoms with E-state index in [2.05, 4.69) is 4.74 Å². The molecule has 0 N–H and O–H groups in total. The van der Waals surface area contributed by atoms with Gasteiger partial charge in [0.15, 0.2) is 0 Å². The molecule has 3 rings (SSSR count). The molecule has 0 fully saturated rings. The van der Waals surface area contributed by atoms with Gasteiger partial charge in [0.2, 0.25) is 0 Å². The Hall–Kier alpha value is -2.75. The van der Waals surface area contributed by atoms with Gasteiger partial charge in [0, 0.05) is 6.42 Å². The third kappa shape index (κ3) is 3.37. The number of ether oxygens (including phenoxy) is 1. The molecule has 0 atom stereocenters. The number of hydrogen-bond acceptors (Lipinski definition) is 2. The lowest BCUT2D eigenvalue weighted by atomic mass is 9.95. The molecule has 0 spiro atoms. The molecule has 116 valence electrons. The molecule has 0 aliphatic carbocycles. The van der Waals surface area contributed by atoms with E-state index in [4.69, 9.17) is 0 Å². The summed E-state index contributed by atoms with van der Waals surface area (Å²) in [5.74, 6) is 0.122. The van der Waals surface area contributed by atoms with E-state index >= 15 is 0 Å². The quantitative estimate of drug-likeness (QED) is 0.630. The van der Waals surface area contributed by atoms with Gasteiger partial charge in [-0.05, 0) is 39.6 Å². The lowest BCUT2D eigenvalue weighted by Crippen LogP contribution is -2.01. The first-order valence-corrected chi connectivity index (χ1v) is 7.18. The lowest BCUT2D eigenvalue weighted by molar-refractivity contribution is -0.107. The second-order valence-electron chi connectivity index (χ2n) is 5.14. The van der Waals surface area contributed by atoms with Crippen molar-refractivity contribution in [3.8, 4) is 16.9 Å². The third-order valence-corrected chi connectivity index (χ3v) is 3.63. The number of carbonyl (C=O) groups excluding carboxylic acids is 1. The van der Waals surface area contributed by atoms with Crippen LogP contribution in [0.25, 0.3) is 21.9 Å². The van der Waals surface area contributed by atoms with E-state index in [0.29, 0.717) is 6.42 Å². The fraction of sp³-hybridized carbons (Fsp3) is 0.105. The number of rotatable bonds is 5. The largest absolute Gasteiger partial charge is 0.435 e. The molecule has 3 aromatic carbocycles. The van der Waals surface area contributed by atoms with Crippen molar-refractivity contribution in [1.29, 1.82) is 0 Å². The fourth-order valence-corrected chi connectivity index (χ4v) is 2.64. The fourth-order valence-electron chi connectivity index (χ4n) is 2.64. The second-order valence-corrected chi connectivity index (χ2v) is 5.14. The Morgan fingerprint density at radius 3 is 2.43 bits per heavy atom. The maximum Gasteiger partial charge on any atom is 0.387 e. The first-order valence-electron chi connectivity index (χ1n) is 7.18. The predicted octanol–water partition coefficient (Wildman–Crippen LogP) is 4.85. The summed E-state index contributed by atoms with van der Waals surface area (Å²) in [7, 11) is 0. The van der Waals surface area contributed by atoms with E-state index in [9.17, 15) is 13.6 Å². The Labute approximate surface area is 132 Å². The van der Waals surface area contributed by atoms with Gasteiger partial charge in [-0.1, -0.05) is 48.5 Å². The molecule has 23 heavy (non-hydrogen) atoms. The molecule has 0 aromatic heterocycles. The number of carbonyl (C=O) groups is 1. The zero-order valence-corrected chi connectivity index (χ0v) is 12.2. The molecular formula is C19H14F2O2. The van der Waals surface area contributed by atoms with Gasteiger partial charge in [-0.3, -0.25) is 0 Å². The molecule has 4 heteroatoms. The van der Waals surface area contributed by atoms with Gasteiger partial charge in [0.05, 0.1) is 0 Å². The van der Waals surface area contributed by atoms with Crippen molar-refractivity contribution in [1.82, 2.24) is 0 Å². The average molecular weight is 312 g/mol. The normalized spacial score (nSPS) is 10.9. The first-order chi connectivity index (χ1) is 11.2. The topological polar surface area (TPSA) is 26.3 Å². The minimum absolute atomic E-state index is 0.122. The van der Waals surface area contributed by atoms with Crippen LogP contribution in [0.4, 0.5) is 8.78 Å². The van der Waals surface area contributed by atoms with Gasteiger partial charge in [0.25, 0.3) is 0 Å². The van der Waals surface area contributed by atoms with Gasteiger partial charge in [0.1, 0.15) is 12.0 Å². The van der Waals surface area contributed by atoms with Crippen LogP contribution in [0.1, 0.15) is 5.56 Å². The molecule has 0 saturated carbocycles. The van der Waals surface area contributed by atoms with Crippen LogP contribution in [0.5, 0.6) is 5.75 Å². The van der Waals surface area contributed by atoms with Crippen molar-refractivity contribution >= 4 is 17.1 Å². The standard InChI is InChI=1S/C19H14F2O2/c20-19(21)23-16-7-5-14(6-8-16)18-12-13(9-10-22)11-15-3-1-2-4-17(15)18/h1-8,10-12,19H,9H2. The minimum Gasteiger partial charge on any atom is -0.435 e. The average Bonchev–Trinajstić information content (AvgIpc) is 2.55. The zero-order valence-electron chi connectivity index (χ0n) is 12.2. The van der Waals surface area contributed by atoms with Gasteiger partial charge < -0.3 is 9.53 Å². The number of fused-ring (bicyclic) bond motifs is 1. The van der Waals surface area contributed by atoms with E-state index in [1.54, 1.807) is 12.1 Å². The molecule has 0 bridgehead atoms. The number of benzene rings is 3. The minimum atomic E-state index is -2.84. The first kappa shape index (κ1) is 15.2. The second kappa shape index (κ2) is 6.57. The van der Waals surface area contributed by atoms with Crippen LogP contribution in [-0.2, 0) is 11.2 Å². The van der Waals surface area contributed by atoms with Crippen LogP contribution in [0.2, 0.25) is 0 Å². The van der Waals surface area contributed by atoms with Gasteiger partial charge >= 0.3 is 6.61 Å². The SMILES string of the molecule is O=CCc1cc(-c2ccc(OC(F)F)cc2)c2ccccc2c1. The van der Waals surface area contributed by atoms with E-state index in [1.165, 1.54) is 12.1 Å². The molecule has 2 nitrogen and oxygen atoms in total. The van der Waals surface area contributed by atoms with Crippen LogP contribution in [0.15, 0.2) is 60.7 Å². The number of alkyl halides is 2. The Morgan fingerprint density at radius 1 is 1.00 bits per heavy atom. The van der Waals surface area contributed by atoms with Crippen molar-refractivity contribution in [2.75, 3.05) is 0 Å². The molecule has 0 radical (unpaired) electrons. The number of aldehydes is 1. The maximum absolute atomic E-state index is 12.2. The molecule has 0 aliphatic rings. The van der Waals surface area contributed by atoms with Crippen LogP contribution < -0.4 is 4.74 Å². The van der Waals surface area contributed by atoms with Crippen molar-refractivity contribution < 1.29 is 18.3 Å². The highest BCUT2D eigenvalue weighted by molar-refractivity contribution is 5.97. The van der Waals surface area contributed by atoms with Crippen molar-refractivity contribution in [2.24, 2.45) is 0 Å². The van der Waals surface area contributed by atoms with Crippen molar-refractivity contribution in [3.05, 3.63) is 66.2 Å². The Kier molecular flexibility index (Phi) is 4.33. The van der Waals surface area contributed by atoms with Gasteiger partial charge in [-0.25, -0.2) is 0 Å². The van der Waals surface area contributed by atoms with E-state index < -0.39 is 6.61 Å². The molecule has 0 saturated heterocycles. The Bertz CT molecular complexity index is 826. The van der Waals surface area contributed by atoms with Crippen molar-refractivity contribution in [3.63, 3.8) is 0 Å². The van der Waals surface area contributed by atoms with Gasteiger partial charge in [-0.2, -0.15) is 8.78 Å².